The van der Waals surface area contributed by atoms with Gasteiger partial charge >= 0.3 is 0 Å². The van der Waals surface area contributed by atoms with Crippen LogP contribution in [-0.4, -0.2) is 48.4 Å². The monoisotopic (exact) mass is 340 g/mol. The number of hydrogen-bond acceptors (Lipinski definition) is 4. The quantitative estimate of drug-likeness (QED) is 0.745. The Bertz CT molecular complexity index is 502. The smallest absolute Gasteiger partial charge is 0.238 e. The number of para-hydroxylation sites is 1. The van der Waals surface area contributed by atoms with Crippen LogP contribution in [-0.2, 0) is 9.59 Å². The second-order valence-electron chi connectivity index (χ2n) is 5.76. The van der Waals surface area contributed by atoms with E-state index in [0.717, 1.165) is 31.6 Å². The Balaban J connectivity index is 0.00000264. The molecule has 1 aromatic carbocycles. The second kappa shape index (κ2) is 9.50. The summed E-state index contributed by atoms with van der Waals surface area (Å²) in [6.07, 6.45) is 1.69. The van der Waals surface area contributed by atoms with E-state index in [1.54, 1.807) is 6.92 Å². The van der Waals surface area contributed by atoms with Crippen molar-refractivity contribution in [2.24, 2.45) is 5.73 Å². The number of carbonyl (C=O) groups excluding carboxylic acids is 2. The average molecular weight is 341 g/mol. The molecular weight excluding hydrogens is 316 g/mol. The van der Waals surface area contributed by atoms with Crippen molar-refractivity contribution in [2.45, 2.75) is 31.8 Å². The molecular formula is C16H25ClN4O2. The van der Waals surface area contributed by atoms with Crippen LogP contribution in [0.15, 0.2) is 30.3 Å². The minimum Gasteiger partial charge on any atom is -0.352 e. The van der Waals surface area contributed by atoms with Gasteiger partial charge in [-0.3, -0.25) is 14.5 Å². The number of nitrogens with zero attached hydrogens (tertiary/aromatic N) is 1. The lowest BCUT2D eigenvalue weighted by atomic mass is 10.0. The van der Waals surface area contributed by atoms with Gasteiger partial charge in [0.05, 0.1) is 12.6 Å². The van der Waals surface area contributed by atoms with Crippen molar-refractivity contribution in [2.75, 3.05) is 25.0 Å². The minimum atomic E-state index is -0.477. The lowest BCUT2D eigenvalue weighted by Crippen LogP contribution is -2.49. The standard InChI is InChI=1S/C16H24N4O2.ClH/c1-12(17)16(22)19-14-7-9-20(10-8-14)11-15(21)18-13-5-3-2-4-6-13;/h2-6,12,14H,7-11,17H2,1H3,(H,18,21)(H,19,22);1H. The fourth-order valence-corrected chi connectivity index (χ4v) is 2.49. The first-order valence-electron chi connectivity index (χ1n) is 7.68. The number of likely N-dealkylation sites (tertiary alicyclic amines) is 1. The van der Waals surface area contributed by atoms with Crippen molar-refractivity contribution in [3.63, 3.8) is 0 Å². The zero-order valence-electron chi connectivity index (χ0n) is 13.3. The summed E-state index contributed by atoms with van der Waals surface area (Å²) in [7, 11) is 0. The van der Waals surface area contributed by atoms with Crippen LogP contribution >= 0.6 is 12.4 Å². The molecule has 4 N–H and O–H groups in total. The maximum atomic E-state index is 12.0. The molecule has 2 amide bonds. The topological polar surface area (TPSA) is 87.5 Å². The number of anilines is 1. The molecule has 2 rings (SSSR count). The molecule has 1 atom stereocenters. The third kappa shape index (κ3) is 6.56. The summed E-state index contributed by atoms with van der Waals surface area (Å²) in [5.41, 5.74) is 6.36. The van der Waals surface area contributed by atoms with E-state index in [-0.39, 0.29) is 30.3 Å². The molecule has 0 radical (unpaired) electrons. The zero-order chi connectivity index (χ0) is 15.9. The largest absolute Gasteiger partial charge is 0.352 e. The summed E-state index contributed by atoms with van der Waals surface area (Å²) in [6.45, 7) is 3.65. The minimum absolute atomic E-state index is 0. The van der Waals surface area contributed by atoms with E-state index in [4.69, 9.17) is 5.73 Å². The van der Waals surface area contributed by atoms with Crippen LogP contribution < -0.4 is 16.4 Å². The predicted molar refractivity (Wildman–Crippen MR) is 93.6 cm³/mol. The Kier molecular flexibility index (Phi) is 8.02. The summed E-state index contributed by atoms with van der Waals surface area (Å²) in [5.74, 6) is -0.121. The van der Waals surface area contributed by atoms with E-state index < -0.39 is 6.04 Å². The van der Waals surface area contributed by atoms with Crippen LogP contribution in [0.3, 0.4) is 0 Å². The summed E-state index contributed by atoms with van der Waals surface area (Å²) in [5, 5.41) is 5.82. The Morgan fingerprint density at radius 1 is 1.26 bits per heavy atom. The van der Waals surface area contributed by atoms with E-state index in [2.05, 4.69) is 15.5 Å². The molecule has 1 fully saturated rings. The van der Waals surface area contributed by atoms with Gasteiger partial charge in [-0.25, -0.2) is 0 Å². The second-order valence-corrected chi connectivity index (χ2v) is 5.76. The van der Waals surface area contributed by atoms with Gasteiger partial charge in [0, 0.05) is 24.8 Å². The molecule has 1 aliphatic rings. The van der Waals surface area contributed by atoms with Crippen LogP contribution in [0, 0.1) is 0 Å². The molecule has 6 nitrogen and oxygen atoms in total. The number of carbonyl (C=O) groups is 2. The lowest BCUT2D eigenvalue weighted by Gasteiger charge is -2.32. The molecule has 7 heteroatoms. The molecule has 1 aromatic rings. The Morgan fingerprint density at radius 2 is 1.87 bits per heavy atom. The van der Waals surface area contributed by atoms with Crippen molar-refractivity contribution in [1.29, 1.82) is 0 Å². The van der Waals surface area contributed by atoms with E-state index in [1.165, 1.54) is 0 Å². The van der Waals surface area contributed by atoms with E-state index in [9.17, 15) is 9.59 Å². The van der Waals surface area contributed by atoms with Crippen molar-refractivity contribution < 1.29 is 9.59 Å². The number of nitrogens with two attached hydrogens (primary N) is 1. The number of benzene rings is 1. The third-order valence-electron chi connectivity index (χ3n) is 3.77. The number of hydrogen-bond donors (Lipinski definition) is 3. The van der Waals surface area contributed by atoms with Gasteiger partial charge in [0.25, 0.3) is 0 Å². The average Bonchev–Trinajstić information content (AvgIpc) is 2.50. The fourth-order valence-electron chi connectivity index (χ4n) is 2.49. The van der Waals surface area contributed by atoms with E-state index in [1.807, 2.05) is 30.3 Å². The summed E-state index contributed by atoms with van der Waals surface area (Å²) < 4.78 is 0. The van der Waals surface area contributed by atoms with E-state index in [0.29, 0.717) is 6.54 Å². The highest BCUT2D eigenvalue weighted by molar-refractivity contribution is 5.92. The molecule has 0 aromatic heterocycles. The van der Waals surface area contributed by atoms with Gasteiger partial charge in [0.2, 0.25) is 11.8 Å². The molecule has 0 bridgehead atoms. The summed E-state index contributed by atoms with van der Waals surface area (Å²) in [6, 6.07) is 9.12. The van der Waals surface area contributed by atoms with Gasteiger partial charge in [-0.2, -0.15) is 0 Å². The molecule has 0 saturated carbocycles. The highest BCUT2D eigenvalue weighted by atomic mass is 35.5. The third-order valence-corrected chi connectivity index (χ3v) is 3.77. The zero-order valence-corrected chi connectivity index (χ0v) is 14.1. The number of rotatable bonds is 5. The van der Waals surface area contributed by atoms with Crippen LogP contribution in [0.5, 0.6) is 0 Å². The van der Waals surface area contributed by atoms with Crippen LogP contribution in [0.25, 0.3) is 0 Å². The predicted octanol–water partition coefficient (Wildman–Crippen LogP) is 0.975. The number of nitrogens with one attached hydrogen (secondary N) is 2. The van der Waals surface area contributed by atoms with Crippen molar-refractivity contribution >= 4 is 29.9 Å². The summed E-state index contributed by atoms with van der Waals surface area (Å²) >= 11 is 0. The molecule has 0 aliphatic carbocycles. The van der Waals surface area contributed by atoms with Crippen LogP contribution in [0.2, 0.25) is 0 Å². The first kappa shape index (κ1) is 19.4. The normalized spacial score (nSPS) is 17.0. The molecule has 128 valence electrons. The van der Waals surface area contributed by atoms with Gasteiger partial charge in [0.15, 0.2) is 0 Å². The van der Waals surface area contributed by atoms with Crippen LogP contribution in [0.4, 0.5) is 5.69 Å². The number of halogens is 1. The molecule has 1 aliphatic heterocycles. The molecule has 1 saturated heterocycles. The van der Waals surface area contributed by atoms with Gasteiger partial charge < -0.3 is 16.4 Å². The van der Waals surface area contributed by atoms with Crippen molar-refractivity contribution in [3.8, 4) is 0 Å². The van der Waals surface area contributed by atoms with Gasteiger partial charge in [-0.1, -0.05) is 18.2 Å². The maximum absolute atomic E-state index is 12.0. The number of amides is 2. The maximum Gasteiger partial charge on any atom is 0.238 e. The van der Waals surface area contributed by atoms with Crippen LogP contribution in [0.1, 0.15) is 19.8 Å². The Labute approximate surface area is 143 Å². The molecule has 1 unspecified atom stereocenters. The Morgan fingerprint density at radius 3 is 2.43 bits per heavy atom. The first-order chi connectivity index (χ1) is 10.5. The van der Waals surface area contributed by atoms with Gasteiger partial charge in [-0.15, -0.1) is 12.4 Å². The first-order valence-corrected chi connectivity index (χ1v) is 7.68. The highest BCUT2D eigenvalue weighted by Gasteiger charge is 2.22. The van der Waals surface area contributed by atoms with E-state index >= 15 is 0 Å². The summed E-state index contributed by atoms with van der Waals surface area (Å²) in [4.78, 5) is 25.7. The SMILES string of the molecule is CC(N)C(=O)NC1CCN(CC(=O)Nc2ccccc2)CC1.Cl. The van der Waals surface area contributed by atoms with Crippen molar-refractivity contribution in [3.05, 3.63) is 30.3 Å². The van der Waals surface area contributed by atoms with Crippen molar-refractivity contribution in [1.82, 2.24) is 10.2 Å². The van der Waals surface area contributed by atoms with Gasteiger partial charge in [-0.05, 0) is 31.9 Å². The Hall–Kier alpha value is -1.63. The molecule has 23 heavy (non-hydrogen) atoms. The molecule has 0 spiro atoms. The fraction of sp³-hybridized carbons (Fsp3) is 0.500. The number of piperidine rings is 1. The highest BCUT2D eigenvalue weighted by Crippen LogP contribution is 2.11. The molecule has 1 heterocycles. The van der Waals surface area contributed by atoms with Gasteiger partial charge in [0.1, 0.15) is 0 Å². The lowest BCUT2D eigenvalue weighted by molar-refractivity contribution is -0.123.